The van der Waals surface area contributed by atoms with E-state index in [0.29, 0.717) is 25.6 Å². The quantitative estimate of drug-likeness (QED) is 0.621. The van der Waals surface area contributed by atoms with Crippen molar-refractivity contribution in [2.24, 2.45) is 11.8 Å². The topological polar surface area (TPSA) is 40.6 Å². The molecule has 28 heavy (non-hydrogen) atoms. The minimum Gasteiger partial charge on any atom is -0.333 e. The van der Waals surface area contributed by atoms with Crippen molar-refractivity contribution < 1.29 is 9.59 Å². The molecule has 2 aromatic rings. The molecule has 0 spiro atoms. The van der Waals surface area contributed by atoms with Gasteiger partial charge < -0.3 is 9.80 Å². The summed E-state index contributed by atoms with van der Waals surface area (Å²) in [6.07, 6.45) is 3.05. The van der Waals surface area contributed by atoms with Crippen molar-refractivity contribution in [3.63, 3.8) is 0 Å². The van der Waals surface area contributed by atoms with Crippen molar-refractivity contribution in [3.05, 3.63) is 58.3 Å². The molecular weight excluding hydrogens is 368 g/mol. The number of hydrogen-bond acceptors (Lipinski definition) is 3. The van der Waals surface area contributed by atoms with E-state index in [9.17, 15) is 9.59 Å². The second kappa shape index (κ2) is 9.87. The Hall–Kier alpha value is -2.14. The highest BCUT2D eigenvalue weighted by Crippen LogP contribution is 2.28. The van der Waals surface area contributed by atoms with Gasteiger partial charge in [-0.05, 0) is 35.8 Å². The van der Waals surface area contributed by atoms with E-state index in [1.165, 1.54) is 0 Å². The van der Waals surface area contributed by atoms with Gasteiger partial charge >= 0.3 is 0 Å². The summed E-state index contributed by atoms with van der Waals surface area (Å²) in [4.78, 5) is 30.9. The second-order valence-electron chi connectivity index (χ2n) is 8.06. The fraction of sp³-hybridized carbons (Fsp3) is 0.478. The normalized spacial score (nSPS) is 14.0. The Morgan fingerprint density at radius 3 is 2.36 bits per heavy atom. The minimum absolute atomic E-state index is 0.0191. The highest BCUT2D eigenvalue weighted by Gasteiger charge is 2.31. The van der Waals surface area contributed by atoms with Crippen LogP contribution in [-0.4, -0.2) is 34.7 Å². The molecule has 1 aliphatic carbocycles. The first-order valence-corrected chi connectivity index (χ1v) is 11.0. The first-order chi connectivity index (χ1) is 13.5. The van der Waals surface area contributed by atoms with E-state index in [0.717, 1.165) is 29.7 Å². The molecule has 3 rings (SSSR count). The first-order valence-electron chi connectivity index (χ1n) is 10.2. The molecule has 0 unspecified atom stereocenters. The lowest BCUT2D eigenvalue weighted by Gasteiger charge is -2.34. The molecule has 1 heterocycles. The van der Waals surface area contributed by atoms with E-state index in [4.69, 9.17) is 0 Å². The Morgan fingerprint density at radius 2 is 1.79 bits per heavy atom. The lowest BCUT2D eigenvalue weighted by Crippen LogP contribution is -2.47. The van der Waals surface area contributed by atoms with Gasteiger partial charge in [0.25, 0.3) is 0 Å². The monoisotopic (exact) mass is 398 g/mol. The summed E-state index contributed by atoms with van der Waals surface area (Å²) in [7, 11) is 0. The van der Waals surface area contributed by atoms with E-state index in [1.807, 2.05) is 46.7 Å². The van der Waals surface area contributed by atoms with Crippen LogP contribution in [0.4, 0.5) is 0 Å². The molecule has 1 saturated carbocycles. The van der Waals surface area contributed by atoms with Gasteiger partial charge in [-0.2, -0.15) is 0 Å². The van der Waals surface area contributed by atoms with Gasteiger partial charge in [0.1, 0.15) is 0 Å². The van der Waals surface area contributed by atoms with Crippen LogP contribution in [-0.2, 0) is 22.7 Å². The zero-order chi connectivity index (χ0) is 19.9. The largest absolute Gasteiger partial charge is 0.333 e. The van der Waals surface area contributed by atoms with Crippen molar-refractivity contribution in [3.8, 4) is 0 Å². The van der Waals surface area contributed by atoms with E-state index in [-0.39, 0.29) is 24.3 Å². The molecular formula is C23H30N2O2S. The third-order valence-corrected chi connectivity index (χ3v) is 6.03. The molecule has 1 aromatic heterocycles. The van der Waals surface area contributed by atoms with Crippen molar-refractivity contribution in [1.82, 2.24) is 9.80 Å². The van der Waals surface area contributed by atoms with Gasteiger partial charge in [0.2, 0.25) is 11.8 Å². The molecule has 150 valence electrons. The van der Waals surface area contributed by atoms with Crippen molar-refractivity contribution in [2.75, 3.05) is 13.1 Å². The van der Waals surface area contributed by atoms with Crippen LogP contribution in [0.3, 0.4) is 0 Å². The highest BCUT2D eigenvalue weighted by molar-refractivity contribution is 7.09. The van der Waals surface area contributed by atoms with Crippen molar-refractivity contribution >= 4 is 23.2 Å². The van der Waals surface area contributed by atoms with Gasteiger partial charge in [-0.3, -0.25) is 9.59 Å². The number of hydrogen-bond donors (Lipinski definition) is 0. The van der Waals surface area contributed by atoms with Crippen molar-refractivity contribution in [2.45, 2.75) is 46.2 Å². The molecule has 0 bridgehead atoms. The Kier molecular flexibility index (Phi) is 7.26. The van der Waals surface area contributed by atoms with Crippen LogP contribution in [0.1, 0.15) is 43.6 Å². The number of thiophene rings is 1. The summed E-state index contributed by atoms with van der Waals surface area (Å²) in [5.41, 5.74) is 1.10. The molecule has 0 saturated heterocycles. The van der Waals surface area contributed by atoms with Gasteiger partial charge in [-0.25, -0.2) is 0 Å². The van der Waals surface area contributed by atoms with E-state index >= 15 is 0 Å². The predicted octanol–water partition coefficient (Wildman–Crippen LogP) is 4.56. The number of carbonyl (C=O) groups excluding carboxylic acids is 2. The summed E-state index contributed by atoms with van der Waals surface area (Å²) in [6.45, 7) is 6.14. The SMILES string of the molecule is CC(C)CN(CC(=O)N(Cc1ccccc1)Cc1cccs1)C(=O)C1CCC1. The van der Waals surface area contributed by atoms with Gasteiger partial charge in [0.05, 0.1) is 13.1 Å². The molecule has 0 N–H and O–H groups in total. The van der Waals surface area contributed by atoms with Crippen LogP contribution in [0, 0.1) is 11.8 Å². The number of carbonyl (C=O) groups is 2. The van der Waals surface area contributed by atoms with Gasteiger partial charge in [0, 0.05) is 23.9 Å². The molecule has 1 aromatic carbocycles. The van der Waals surface area contributed by atoms with E-state index in [2.05, 4.69) is 19.9 Å². The smallest absolute Gasteiger partial charge is 0.242 e. The molecule has 4 nitrogen and oxygen atoms in total. The molecule has 1 fully saturated rings. The summed E-state index contributed by atoms with van der Waals surface area (Å²) < 4.78 is 0. The van der Waals surface area contributed by atoms with Gasteiger partial charge in [-0.1, -0.05) is 56.7 Å². The standard InChI is InChI=1S/C23H30N2O2S/c1-18(2)14-25(23(27)20-10-6-11-20)17-22(26)24(16-21-12-7-13-28-21)15-19-8-4-3-5-9-19/h3-5,7-9,12-13,18,20H,6,10-11,14-17H2,1-2H3. The second-order valence-corrected chi connectivity index (χ2v) is 9.09. The average molecular weight is 399 g/mol. The van der Waals surface area contributed by atoms with Crippen LogP contribution >= 0.6 is 11.3 Å². The van der Waals surface area contributed by atoms with E-state index in [1.54, 1.807) is 16.2 Å². The lowest BCUT2D eigenvalue weighted by molar-refractivity contribution is -0.145. The molecule has 0 aliphatic heterocycles. The predicted molar refractivity (Wildman–Crippen MR) is 114 cm³/mol. The van der Waals surface area contributed by atoms with Crippen LogP contribution in [0.5, 0.6) is 0 Å². The number of amides is 2. The van der Waals surface area contributed by atoms with E-state index < -0.39 is 0 Å². The summed E-state index contributed by atoms with van der Waals surface area (Å²) in [6, 6.07) is 14.1. The van der Waals surface area contributed by atoms with Gasteiger partial charge in [0.15, 0.2) is 0 Å². The third kappa shape index (κ3) is 5.68. The van der Waals surface area contributed by atoms with Crippen LogP contribution < -0.4 is 0 Å². The Bertz CT molecular complexity index is 754. The summed E-state index contributed by atoms with van der Waals surface area (Å²) in [5.74, 6) is 0.637. The molecule has 0 radical (unpaired) electrons. The third-order valence-electron chi connectivity index (χ3n) is 5.17. The lowest BCUT2D eigenvalue weighted by atomic mass is 9.84. The molecule has 2 amide bonds. The average Bonchev–Trinajstić information content (AvgIpc) is 3.12. The fourth-order valence-corrected chi connectivity index (χ4v) is 4.20. The summed E-state index contributed by atoms with van der Waals surface area (Å²) in [5, 5.41) is 2.03. The van der Waals surface area contributed by atoms with Crippen LogP contribution in [0.15, 0.2) is 47.8 Å². The Labute approximate surface area is 172 Å². The zero-order valence-corrected chi connectivity index (χ0v) is 17.7. The Morgan fingerprint density at radius 1 is 1.04 bits per heavy atom. The van der Waals surface area contributed by atoms with Crippen molar-refractivity contribution in [1.29, 1.82) is 0 Å². The molecule has 5 heteroatoms. The van der Waals surface area contributed by atoms with Gasteiger partial charge in [-0.15, -0.1) is 11.3 Å². The minimum atomic E-state index is 0.0191. The maximum atomic E-state index is 13.2. The Balaban J connectivity index is 1.72. The number of rotatable bonds is 9. The number of nitrogens with zero attached hydrogens (tertiary/aromatic N) is 2. The maximum absolute atomic E-state index is 13.2. The summed E-state index contributed by atoms with van der Waals surface area (Å²) >= 11 is 1.66. The fourth-order valence-electron chi connectivity index (χ4n) is 3.48. The first kappa shape index (κ1) is 20.6. The van der Waals surface area contributed by atoms with Crippen LogP contribution in [0.2, 0.25) is 0 Å². The molecule has 1 aliphatic rings. The highest BCUT2D eigenvalue weighted by atomic mass is 32.1. The zero-order valence-electron chi connectivity index (χ0n) is 16.8. The van der Waals surface area contributed by atoms with Crippen LogP contribution in [0.25, 0.3) is 0 Å². The molecule has 0 atom stereocenters. The maximum Gasteiger partial charge on any atom is 0.242 e. The number of benzene rings is 1.